The number of amides is 1. The smallest absolute Gasteiger partial charge is 0.407 e. The number of hydrogen-bond donors (Lipinski definition) is 1. The first-order chi connectivity index (χ1) is 14.6. The van der Waals surface area contributed by atoms with Crippen molar-refractivity contribution < 1.29 is 22.5 Å². The predicted octanol–water partition coefficient (Wildman–Crippen LogP) is 3.78. The third kappa shape index (κ3) is 6.65. The van der Waals surface area contributed by atoms with E-state index in [1.165, 1.54) is 12.1 Å². The van der Waals surface area contributed by atoms with Crippen LogP contribution in [0.1, 0.15) is 32.2 Å². The predicted molar refractivity (Wildman–Crippen MR) is 115 cm³/mol. The van der Waals surface area contributed by atoms with E-state index >= 15 is 0 Å². The molecule has 0 saturated heterocycles. The summed E-state index contributed by atoms with van der Waals surface area (Å²) >= 11 is 0. The van der Waals surface area contributed by atoms with Gasteiger partial charge in [-0.25, -0.2) is 13.2 Å². The Hall–Kier alpha value is -3.20. The van der Waals surface area contributed by atoms with Crippen LogP contribution in [0.25, 0.3) is 11.5 Å². The summed E-state index contributed by atoms with van der Waals surface area (Å²) in [4.78, 5) is 16.0. The molecule has 0 unspecified atom stereocenters. The molecule has 1 N–H and O–H groups in total. The van der Waals surface area contributed by atoms with Crippen molar-refractivity contribution in [1.29, 1.82) is 0 Å². The van der Waals surface area contributed by atoms with E-state index in [-0.39, 0.29) is 22.4 Å². The van der Waals surface area contributed by atoms with Gasteiger partial charge in [0.25, 0.3) is 5.89 Å². The van der Waals surface area contributed by atoms with Gasteiger partial charge in [0, 0.05) is 12.1 Å². The van der Waals surface area contributed by atoms with Crippen molar-refractivity contribution >= 4 is 15.9 Å². The van der Waals surface area contributed by atoms with Gasteiger partial charge in [-0.2, -0.15) is 4.98 Å². The molecule has 1 aromatic heterocycles. The quantitative estimate of drug-likeness (QED) is 0.591. The first-order valence-electron chi connectivity index (χ1n) is 9.79. The molecule has 164 valence electrons. The van der Waals surface area contributed by atoms with Gasteiger partial charge in [0.15, 0.2) is 15.7 Å². The monoisotopic (exact) mass is 443 g/mol. The Kier molecular flexibility index (Phi) is 6.74. The lowest BCUT2D eigenvalue weighted by Crippen LogP contribution is -2.33. The standard InChI is InChI=1S/C22H25N3O5S/c1-22(2,3)29-21(26)23-14-13-16-9-11-18(12-10-16)31(27,28)15-19-24-20(30-25-19)17-7-5-4-6-8-17/h4-12H,13-15H2,1-3H3,(H,23,26). The van der Waals surface area contributed by atoms with Crippen molar-refractivity contribution in [3.05, 3.63) is 66.0 Å². The summed E-state index contributed by atoms with van der Waals surface area (Å²) in [5.41, 5.74) is 1.06. The molecule has 1 heterocycles. The number of rotatable bonds is 7. The van der Waals surface area contributed by atoms with Crippen LogP contribution in [0.2, 0.25) is 0 Å². The molecule has 2 aromatic carbocycles. The second kappa shape index (κ2) is 9.30. The van der Waals surface area contributed by atoms with Crippen molar-refractivity contribution in [3.8, 4) is 11.5 Å². The number of hydrogen-bond acceptors (Lipinski definition) is 7. The number of nitrogens with zero attached hydrogens (tertiary/aromatic N) is 2. The number of alkyl carbamates (subject to hydrolysis) is 1. The lowest BCUT2D eigenvalue weighted by Gasteiger charge is -2.19. The highest BCUT2D eigenvalue weighted by Crippen LogP contribution is 2.20. The number of benzene rings is 2. The number of carbonyl (C=O) groups excluding carboxylic acids is 1. The molecule has 0 radical (unpaired) electrons. The van der Waals surface area contributed by atoms with Crippen LogP contribution >= 0.6 is 0 Å². The number of nitrogens with one attached hydrogen (secondary N) is 1. The fourth-order valence-electron chi connectivity index (χ4n) is 2.75. The molecule has 0 aliphatic rings. The molecule has 0 atom stereocenters. The molecule has 3 aromatic rings. The van der Waals surface area contributed by atoms with Crippen molar-refractivity contribution in [3.63, 3.8) is 0 Å². The molecule has 3 rings (SSSR count). The Morgan fingerprint density at radius 1 is 1.06 bits per heavy atom. The van der Waals surface area contributed by atoms with Gasteiger partial charge in [-0.3, -0.25) is 0 Å². The van der Waals surface area contributed by atoms with Crippen LogP contribution in [0.4, 0.5) is 4.79 Å². The zero-order chi connectivity index (χ0) is 22.5. The van der Waals surface area contributed by atoms with E-state index in [1.807, 2.05) is 30.3 Å². The number of sulfone groups is 1. The van der Waals surface area contributed by atoms with Crippen molar-refractivity contribution in [2.45, 2.75) is 43.4 Å². The first kappa shape index (κ1) is 22.5. The van der Waals surface area contributed by atoms with Crippen molar-refractivity contribution in [2.75, 3.05) is 6.54 Å². The van der Waals surface area contributed by atoms with Gasteiger partial charge in [-0.1, -0.05) is 35.5 Å². The fraction of sp³-hybridized carbons (Fsp3) is 0.318. The van der Waals surface area contributed by atoms with Gasteiger partial charge < -0.3 is 14.6 Å². The van der Waals surface area contributed by atoms with E-state index in [1.54, 1.807) is 32.9 Å². The van der Waals surface area contributed by atoms with E-state index in [4.69, 9.17) is 9.26 Å². The van der Waals surface area contributed by atoms with E-state index in [0.29, 0.717) is 13.0 Å². The van der Waals surface area contributed by atoms with E-state index < -0.39 is 21.5 Å². The molecule has 8 nitrogen and oxygen atoms in total. The van der Waals surface area contributed by atoms with Gasteiger partial charge in [-0.05, 0) is 57.0 Å². The average molecular weight is 444 g/mol. The highest BCUT2D eigenvalue weighted by Gasteiger charge is 2.20. The van der Waals surface area contributed by atoms with Gasteiger partial charge in [0.2, 0.25) is 0 Å². The minimum absolute atomic E-state index is 0.101. The molecule has 0 spiro atoms. The maximum atomic E-state index is 12.7. The molecule has 0 saturated carbocycles. The summed E-state index contributed by atoms with van der Waals surface area (Å²) in [6, 6.07) is 15.7. The zero-order valence-corrected chi connectivity index (χ0v) is 18.5. The molecule has 9 heteroatoms. The Morgan fingerprint density at radius 3 is 2.39 bits per heavy atom. The second-order valence-corrected chi connectivity index (χ2v) is 9.95. The van der Waals surface area contributed by atoms with Crippen LogP contribution < -0.4 is 5.32 Å². The van der Waals surface area contributed by atoms with Crippen LogP contribution in [0, 0.1) is 0 Å². The normalized spacial score (nSPS) is 11.8. The summed E-state index contributed by atoms with van der Waals surface area (Å²) in [5.74, 6) is 0.0196. The maximum Gasteiger partial charge on any atom is 0.407 e. The Bertz CT molecular complexity index is 1120. The third-order valence-electron chi connectivity index (χ3n) is 4.17. The summed E-state index contributed by atoms with van der Waals surface area (Å²) in [6.07, 6.45) is 0.0619. The SMILES string of the molecule is CC(C)(C)OC(=O)NCCc1ccc(S(=O)(=O)Cc2noc(-c3ccccc3)n2)cc1. The minimum atomic E-state index is -3.63. The fourth-order valence-corrected chi connectivity index (χ4v) is 3.92. The maximum absolute atomic E-state index is 12.7. The molecular weight excluding hydrogens is 418 g/mol. The molecule has 1 amide bonds. The van der Waals surface area contributed by atoms with Crippen LogP contribution in [-0.2, 0) is 26.7 Å². The topological polar surface area (TPSA) is 111 Å². The lowest BCUT2D eigenvalue weighted by molar-refractivity contribution is 0.0528. The highest BCUT2D eigenvalue weighted by atomic mass is 32.2. The summed E-state index contributed by atoms with van der Waals surface area (Å²) in [6.45, 7) is 5.76. The summed E-state index contributed by atoms with van der Waals surface area (Å²) < 4.78 is 35.8. The van der Waals surface area contributed by atoms with Crippen molar-refractivity contribution in [1.82, 2.24) is 15.5 Å². The van der Waals surface area contributed by atoms with Crippen molar-refractivity contribution in [2.24, 2.45) is 0 Å². The molecule has 0 fully saturated rings. The van der Waals surface area contributed by atoms with Crippen LogP contribution in [0.3, 0.4) is 0 Å². The lowest BCUT2D eigenvalue weighted by atomic mass is 10.1. The zero-order valence-electron chi connectivity index (χ0n) is 17.7. The highest BCUT2D eigenvalue weighted by molar-refractivity contribution is 7.90. The largest absolute Gasteiger partial charge is 0.444 e. The van der Waals surface area contributed by atoms with Crippen LogP contribution in [0.15, 0.2) is 64.0 Å². The van der Waals surface area contributed by atoms with E-state index in [9.17, 15) is 13.2 Å². The van der Waals surface area contributed by atoms with Gasteiger partial charge in [0.1, 0.15) is 11.4 Å². The summed E-state index contributed by atoms with van der Waals surface area (Å²) in [7, 11) is -3.63. The average Bonchev–Trinajstić information content (AvgIpc) is 3.15. The van der Waals surface area contributed by atoms with E-state index in [0.717, 1.165) is 11.1 Å². The van der Waals surface area contributed by atoms with Crippen LogP contribution in [0.5, 0.6) is 0 Å². The number of ether oxygens (including phenoxy) is 1. The minimum Gasteiger partial charge on any atom is -0.444 e. The molecular formula is C22H25N3O5S. The molecule has 0 aliphatic carbocycles. The number of carbonyl (C=O) groups is 1. The molecule has 0 bridgehead atoms. The third-order valence-corrected chi connectivity index (χ3v) is 5.80. The van der Waals surface area contributed by atoms with Gasteiger partial charge in [0.05, 0.1) is 4.90 Å². The Balaban J connectivity index is 1.57. The van der Waals surface area contributed by atoms with Gasteiger partial charge in [-0.15, -0.1) is 0 Å². The second-order valence-electron chi connectivity index (χ2n) is 7.96. The molecule has 31 heavy (non-hydrogen) atoms. The van der Waals surface area contributed by atoms with Crippen LogP contribution in [-0.4, -0.2) is 36.8 Å². The van der Waals surface area contributed by atoms with Gasteiger partial charge >= 0.3 is 6.09 Å². The Labute approximate surface area is 181 Å². The molecule has 0 aliphatic heterocycles. The number of aromatic nitrogens is 2. The first-order valence-corrected chi connectivity index (χ1v) is 11.4. The summed E-state index contributed by atoms with van der Waals surface area (Å²) in [5, 5.41) is 6.46. The Morgan fingerprint density at radius 2 is 1.74 bits per heavy atom. The van der Waals surface area contributed by atoms with E-state index in [2.05, 4.69) is 15.5 Å².